The number of fused-ring (bicyclic) bond motifs is 5. The van der Waals surface area contributed by atoms with Crippen molar-refractivity contribution < 1.29 is 28.2 Å². The number of aromatic nitrogens is 2. The van der Waals surface area contributed by atoms with Crippen LogP contribution >= 0.6 is 0 Å². The van der Waals surface area contributed by atoms with Crippen LogP contribution in [0.25, 0.3) is 22.3 Å². The number of esters is 1. The fourth-order valence-corrected chi connectivity index (χ4v) is 7.03. The van der Waals surface area contributed by atoms with E-state index in [-0.39, 0.29) is 37.1 Å². The van der Waals surface area contributed by atoms with Crippen LogP contribution in [0.15, 0.2) is 47.3 Å². The maximum absolute atomic E-state index is 15.1. The van der Waals surface area contributed by atoms with E-state index in [1.807, 2.05) is 43.3 Å². The van der Waals surface area contributed by atoms with Crippen molar-refractivity contribution in [3.05, 3.63) is 97.6 Å². The summed E-state index contributed by atoms with van der Waals surface area (Å²) in [4.78, 5) is 44.4. The standard InChI is InChI=1S/C35H34FN3O6/c1-4-21-23-12-29-32-24(14-39(29)33(40)25(23)17-44-34(21)41)31-27(11-10-22-19(3)26(36)13-28(37-32)30(22)31)38-35(42)45-18(2)15-43-16-20-8-6-5-7-9-20/h5-9,12-13,18,21,27H,4,10-11,14-17H2,1-3H3,(H,38,42). The van der Waals surface area contributed by atoms with Crippen LogP contribution in [-0.2, 0) is 45.2 Å². The van der Waals surface area contributed by atoms with Gasteiger partial charge in [0.25, 0.3) is 5.56 Å². The van der Waals surface area contributed by atoms with E-state index in [4.69, 9.17) is 19.2 Å². The molecule has 0 saturated carbocycles. The molecule has 0 fully saturated rings. The minimum Gasteiger partial charge on any atom is -0.460 e. The van der Waals surface area contributed by atoms with Crippen LogP contribution < -0.4 is 10.9 Å². The summed E-state index contributed by atoms with van der Waals surface area (Å²) >= 11 is 0. The van der Waals surface area contributed by atoms with E-state index in [0.29, 0.717) is 59.5 Å². The molecule has 1 N–H and O–H groups in total. The number of carbonyl (C=O) groups is 2. The second-order valence-corrected chi connectivity index (χ2v) is 12.1. The number of benzene rings is 2. The smallest absolute Gasteiger partial charge is 0.407 e. The van der Waals surface area contributed by atoms with Crippen molar-refractivity contribution in [3.63, 3.8) is 0 Å². The van der Waals surface area contributed by atoms with E-state index in [0.717, 1.165) is 27.6 Å². The van der Waals surface area contributed by atoms with Gasteiger partial charge in [0.15, 0.2) is 0 Å². The fraction of sp³-hybridized carbons (Fsp3) is 0.371. The van der Waals surface area contributed by atoms with Crippen molar-refractivity contribution in [3.8, 4) is 11.4 Å². The van der Waals surface area contributed by atoms with Crippen molar-refractivity contribution in [2.75, 3.05) is 6.61 Å². The minimum absolute atomic E-state index is 0.0692. The SMILES string of the molecule is CCC1C(=O)OCc2c1cc1n(c2=O)Cc2c-1nc1cc(F)c(C)c3c1c2C(NC(=O)OC(C)COCc1ccccc1)CC3. The Morgan fingerprint density at radius 2 is 1.98 bits per heavy atom. The number of amides is 1. The van der Waals surface area contributed by atoms with Gasteiger partial charge in [-0.15, -0.1) is 0 Å². The molecule has 0 radical (unpaired) electrons. The Morgan fingerprint density at radius 1 is 1.18 bits per heavy atom. The third-order valence-corrected chi connectivity index (χ3v) is 9.26. The minimum atomic E-state index is -0.582. The van der Waals surface area contributed by atoms with Gasteiger partial charge >= 0.3 is 12.1 Å². The highest BCUT2D eigenvalue weighted by Gasteiger charge is 2.38. The number of cyclic esters (lactones) is 1. The first kappa shape index (κ1) is 29.2. The average molecular weight is 612 g/mol. The zero-order valence-electron chi connectivity index (χ0n) is 25.4. The number of rotatable bonds is 7. The first-order valence-electron chi connectivity index (χ1n) is 15.4. The molecule has 0 bridgehead atoms. The van der Waals surface area contributed by atoms with E-state index >= 15 is 4.39 Å². The predicted octanol–water partition coefficient (Wildman–Crippen LogP) is 5.74. The Balaban J connectivity index is 1.23. The van der Waals surface area contributed by atoms with Crippen molar-refractivity contribution in [2.24, 2.45) is 0 Å². The van der Waals surface area contributed by atoms with Gasteiger partial charge in [-0.2, -0.15) is 0 Å². The van der Waals surface area contributed by atoms with Gasteiger partial charge in [-0.05, 0) is 67.0 Å². The number of halogens is 1. The third-order valence-electron chi connectivity index (χ3n) is 9.26. The molecule has 3 aliphatic rings. The molecule has 0 saturated heterocycles. The van der Waals surface area contributed by atoms with Gasteiger partial charge in [-0.3, -0.25) is 9.59 Å². The lowest BCUT2D eigenvalue weighted by molar-refractivity contribution is -0.148. The van der Waals surface area contributed by atoms with Gasteiger partial charge in [-0.1, -0.05) is 37.3 Å². The lowest BCUT2D eigenvalue weighted by Gasteiger charge is -2.30. The summed E-state index contributed by atoms with van der Waals surface area (Å²) in [7, 11) is 0. The fourth-order valence-electron chi connectivity index (χ4n) is 7.03. The number of hydrogen-bond donors (Lipinski definition) is 1. The predicted molar refractivity (Wildman–Crippen MR) is 164 cm³/mol. The number of aryl methyl sites for hydroxylation is 1. The molecule has 2 aliphatic heterocycles. The van der Waals surface area contributed by atoms with Crippen LogP contribution in [0.1, 0.15) is 77.6 Å². The maximum atomic E-state index is 15.1. The van der Waals surface area contributed by atoms with Crippen molar-refractivity contribution in [1.29, 1.82) is 0 Å². The Labute approximate surface area is 259 Å². The molecule has 4 heterocycles. The molecule has 7 rings (SSSR count). The molecule has 232 valence electrons. The summed E-state index contributed by atoms with van der Waals surface area (Å²) in [6.45, 7) is 6.24. The van der Waals surface area contributed by atoms with Crippen LogP contribution in [0, 0.1) is 12.7 Å². The number of carbonyl (C=O) groups excluding carboxylic acids is 2. The van der Waals surface area contributed by atoms with Crippen molar-refractivity contribution >= 4 is 23.0 Å². The molecule has 1 amide bonds. The number of pyridine rings is 2. The van der Waals surface area contributed by atoms with E-state index in [1.54, 1.807) is 18.4 Å². The number of alkyl carbamates (subject to hydrolysis) is 1. The average Bonchev–Trinajstić information content (AvgIpc) is 3.39. The third kappa shape index (κ3) is 4.97. The summed E-state index contributed by atoms with van der Waals surface area (Å²) in [5.74, 6) is -1.23. The van der Waals surface area contributed by atoms with Gasteiger partial charge < -0.3 is 24.1 Å². The summed E-state index contributed by atoms with van der Waals surface area (Å²) in [5, 5.41) is 3.86. The molecule has 3 atom stereocenters. The van der Waals surface area contributed by atoms with Crippen LogP contribution in [0.2, 0.25) is 0 Å². The number of nitrogens with zero attached hydrogens (tertiary/aromatic N) is 2. The Kier molecular flexibility index (Phi) is 7.40. The zero-order chi connectivity index (χ0) is 31.4. The number of nitrogens with one attached hydrogen (secondary N) is 1. The van der Waals surface area contributed by atoms with Gasteiger partial charge in [0.1, 0.15) is 18.5 Å². The Morgan fingerprint density at radius 3 is 2.76 bits per heavy atom. The van der Waals surface area contributed by atoms with Crippen LogP contribution in [0.5, 0.6) is 0 Å². The normalized spacial score (nSPS) is 18.5. The van der Waals surface area contributed by atoms with E-state index in [2.05, 4.69) is 5.32 Å². The summed E-state index contributed by atoms with van der Waals surface area (Å²) in [6, 6.07) is 12.6. The zero-order valence-corrected chi connectivity index (χ0v) is 25.4. The van der Waals surface area contributed by atoms with E-state index in [9.17, 15) is 14.4 Å². The number of ether oxygens (including phenoxy) is 3. The van der Waals surface area contributed by atoms with Crippen LogP contribution in [-0.4, -0.2) is 34.3 Å². The van der Waals surface area contributed by atoms with Crippen LogP contribution in [0.3, 0.4) is 0 Å². The van der Waals surface area contributed by atoms with E-state index < -0.39 is 24.2 Å². The van der Waals surface area contributed by atoms with Gasteiger partial charge in [0.2, 0.25) is 0 Å². The quantitative estimate of drug-likeness (QED) is 0.234. The summed E-state index contributed by atoms with van der Waals surface area (Å²) in [5.41, 5.74) is 6.59. The van der Waals surface area contributed by atoms with Gasteiger partial charge in [-0.25, -0.2) is 14.2 Å². The van der Waals surface area contributed by atoms with Crippen LogP contribution in [0.4, 0.5) is 9.18 Å². The molecule has 0 spiro atoms. The molecule has 4 aromatic rings. The first-order chi connectivity index (χ1) is 21.7. The molecule has 45 heavy (non-hydrogen) atoms. The topological polar surface area (TPSA) is 109 Å². The molecule has 2 aromatic heterocycles. The van der Waals surface area contributed by atoms with E-state index in [1.165, 1.54) is 6.07 Å². The molecular formula is C35H34FN3O6. The molecule has 1 aliphatic carbocycles. The largest absolute Gasteiger partial charge is 0.460 e. The highest BCUT2D eigenvalue weighted by Crippen LogP contribution is 2.45. The highest BCUT2D eigenvalue weighted by molar-refractivity contribution is 5.93. The Bertz CT molecular complexity index is 1920. The number of hydrogen-bond acceptors (Lipinski definition) is 7. The Hall–Kier alpha value is -4.57. The molecule has 10 heteroatoms. The summed E-state index contributed by atoms with van der Waals surface area (Å²) in [6.07, 6.45) is 0.498. The van der Waals surface area contributed by atoms with Gasteiger partial charge in [0.05, 0.1) is 54.2 Å². The van der Waals surface area contributed by atoms with Gasteiger partial charge in [0, 0.05) is 17.0 Å². The summed E-state index contributed by atoms with van der Waals surface area (Å²) < 4.78 is 33.6. The molecule has 9 nitrogen and oxygen atoms in total. The lowest BCUT2D eigenvalue weighted by atomic mass is 9.81. The van der Waals surface area contributed by atoms with Crippen molar-refractivity contribution in [1.82, 2.24) is 14.9 Å². The lowest BCUT2D eigenvalue weighted by Crippen LogP contribution is -2.35. The molecule has 2 aromatic carbocycles. The monoisotopic (exact) mass is 611 g/mol. The molecular weight excluding hydrogens is 577 g/mol. The maximum Gasteiger partial charge on any atom is 0.407 e. The first-order valence-corrected chi connectivity index (χ1v) is 15.4. The van der Waals surface area contributed by atoms with Crippen molar-refractivity contribution in [2.45, 2.75) is 77.9 Å². The second-order valence-electron chi connectivity index (χ2n) is 12.1. The second kappa shape index (κ2) is 11.4. The molecule has 3 unspecified atom stereocenters. The highest BCUT2D eigenvalue weighted by atomic mass is 19.1.